The first kappa shape index (κ1) is 13.6. The topological polar surface area (TPSA) is 29.5 Å². The van der Waals surface area contributed by atoms with Crippen LogP contribution in [-0.2, 0) is 16.1 Å². The normalized spacial score (nSPS) is 24.2. The molecule has 2 rings (SSSR count). The van der Waals surface area contributed by atoms with Crippen molar-refractivity contribution in [1.29, 1.82) is 0 Å². The molecule has 1 aromatic rings. The van der Waals surface area contributed by atoms with E-state index in [1.165, 1.54) is 12.0 Å². The molecule has 1 fully saturated rings. The summed E-state index contributed by atoms with van der Waals surface area (Å²) in [6, 6.07) is 4.89. The van der Waals surface area contributed by atoms with Gasteiger partial charge in [-0.05, 0) is 44.2 Å². The molecule has 0 aliphatic heterocycles. The second-order valence-electron chi connectivity index (χ2n) is 5.02. The van der Waals surface area contributed by atoms with Crippen LogP contribution in [0.2, 0.25) is 0 Å². The molecule has 1 aliphatic rings. The van der Waals surface area contributed by atoms with E-state index in [9.17, 15) is 4.79 Å². The van der Waals surface area contributed by atoms with Crippen molar-refractivity contribution in [1.82, 2.24) is 4.90 Å². The van der Waals surface area contributed by atoms with E-state index in [0.29, 0.717) is 6.04 Å². The number of ether oxygens (including phenoxy) is 1. The summed E-state index contributed by atoms with van der Waals surface area (Å²) in [4.78, 5) is 15.3. The number of thiophene rings is 1. The van der Waals surface area contributed by atoms with E-state index in [1.807, 2.05) is 11.3 Å². The molecule has 0 amide bonds. The fourth-order valence-electron chi connectivity index (χ4n) is 2.70. The third kappa shape index (κ3) is 3.33. The number of esters is 1. The zero-order valence-electron chi connectivity index (χ0n) is 11.1. The molecule has 1 aliphatic carbocycles. The lowest BCUT2D eigenvalue weighted by Gasteiger charge is -2.33. The van der Waals surface area contributed by atoms with Crippen LogP contribution in [0.25, 0.3) is 0 Å². The number of nitrogens with zero attached hydrogens (tertiary/aromatic N) is 1. The lowest BCUT2D eigenvalue weighted by atomic mass is 9.85. The molecule has 4 heteroatoms. The van der Waals surface area contributed by atoms with Gasteiger partial charge in [-0.2, -0.15) is 0 Å². The van der Waals surface area contributed by atoms with E-state index >= 15 is 0 Å². The van der Waals surface area contributed by atoms with E-state index < -0.39 is 0 Å². The maximum Gasteiger partial charge on any atom is 0.308 e. The predicted molar refractivity (Wildman–Crippen MR) is 73.5 cm³/mol. The Morgan fingerprint density at radius 3 is 2.72 bits per heavy atom. The zero-order chi connectivity index (χ0) is 13.0. The van der Waals surface area contributed by atoms with Crippen LogP contribution in [0.1, 0.15) is 30.6 Å². The van der Waals surface area contributed by atoms with E-state index in [1.54, 1.807) is 0 Å². The minimum atomic E-state index is -0.0330. The number of carbonyl (C=O) groups is 1. The number of carbonyl (C=O) groups excluding carboxylic acids is 1. The smallest absolute Gasteiger partial charge is 0.308 e. The minimum Gasteiger partial charge on any atom is -0.469 e. The Morgan fingerprint density at radius 2 is 2.17 bits per heavy atom. The molecule has 1 heterocycles. The zero-order valence-corrected chi connectivity index (χ0v) is 11.9. The summed E-state index contributed by atoms with van der Waals surface area (Å²) >= 11 is 1.81. The van der Waals surface area contributed by atoms with Gasteiger partial charge in [-0.15, -0.1) is 11.3 Å². The second-order valence-corrected chi connectivity index (χ2v) is 6.06. The number of methoxy groups -OCH3 is 1. The van der Waals surface area contributed by atoms with Crippen LogP contribution in [0, 0.1) is 5.92 Å². The van der Waals surface area contributed by atoms with Gasteiger partial charge in [0, 0.05) is 17.5 Å². The first-order chi connectivity index (χ1) is 8.70. The lowest BCUT2D eigenvalue weighted by molar-refractivity contribution is -0.146. The SMILES string of the molecule is COC(=O)C1CCC(N(C)Cc2cccs2)CC1. The van der Waals surface area contributed by atoms with E-state index in [2.05, 4.69) is 29.5 Å². The molecule has 3 nitrogen and oxygen atoms in total. The highest BCUT2D eigenvalue weighted by Crippen LogP contribution is 2.28. The number of hydrogen-bond acceptors (Lipinski definition) is 4. The Labute approximate surface area is 113 Å². The molecule has 0 atom stereocenters. The largest absolute Gasteiger partial charge is 0.469 e. The third-order valence-electron chi connectivity index (χ3n) is 3.84. The van der Waals surface area contributed by atoms with Gasteiger partial charge in [0.1, 0.15) is 0 Å². The van der Waals surface area contributed by atoms with Crippen molar-refractivity contribution in [2.45, 2.75) is 38.3 Å². The first-order valence-corrected chi connectivity index (χ1v) is 7.39. The van der Waals surface area contributed by atoms with E-state index in [4.69, 9.17) is 4.74 Å². The van der Waals surface area contributed by atoms with Crippen molar-refractivity contribution in [3.05, 3.63) is 22.4 Å². The Bertz CT molecular complexity index is 369. The molecular weight excluding hydrogens is 246 g/mol. The van der Waals surface area contributed by atoms with Gasteiger partial charge in [0.2, 0.25) is 0 Å². The fraction of sp³-hybridized carbons (Fsp3) is 0.643. The summed E-state index contributed by atoms with van der Waals surface area (Å²) in [7, 11) is 3.67. The van der Waals surface area contributed by atoms with Crippen molar-refractivity contribution in [2.75, 3.05) is 14.2 Å². The summed E-state index contributed by atoms with van der Waals surface area (Å²) in [6.45, 7) is 1.02. The Balaban J connectivity index is 1.80. The van der Waals surface area contributed by atoms with Crippen LogP contribution in [0.3, 0.4) is 0 Å². The lowest BCUT2D eigenvalue weighted by Crippen LogP contribution is -2.36. The molecule has 18 heavy (non-hydrogen) atoms. The van der Waals surface area contributed by atoms with Crippen molar-refractivity contribution < 1.29 is 9.53 Å². The summed E-state index contributed by atoms with van der Waals surface area (Å²) in [5.74, 6) is 0.0933. The van der Waals surface area contributed by atoms with Crippen LogP contribution in [0.15, 0.2) is 17.5 Å². The molecule has 0 aromatic carbocycles. The monoisotopic (exact) mass is 267 g/mol. The standard InChI is InChI=1S/C14H21NO2S/c1-15(10-13-4-3-9-18-13)12-7-5-11(6-8-12)14(16)17-2/h3-4,9,11-12H,5-8,10H2,1-2H3. The van der Waals surface area contributed by atoms with Crippen molar-refractivity contribution >= 4 is 17.3 Å². The van der Waals surface area contributed by atoms with Gasteiger partial charge in [0.25, 0.3) is 0 Å². The first-order valence-electron chi connectivity index (χ1n) is 6.51. The highest BCUT2D eigenvalue weighted by Gasteiger charge is 2.28. The van der Waals surface area contributed by atoms with Gasteiger partial charge in [0.15, 0.2) is 0 Å². The summed E-state index contributed by atoms with van der Waals surface area (Å²) in [5, 5.41) is 2.12. The van der Waals surface area contributed by atoms with Crippen LogP contribution in [0.5, 0.6) is 0 Å². The molecule has 0 saturated heterocycles. The van der Waals surface area contributed by atoms with Crippen molar-refractivity contribution in [2.24, 2.45) is 5.92 Å². The van der Waals surface area contributed by atoms with Gasteiger partial charge < -0.3 is 4.74 Å². The van der Waals surface area contributed by atoms with Crippen LogP contribution in [0.4, 0.5) is 0 Å². The maximum absolute atomic E-state index is 11.5. The summed E-state index contributed by atoms with van der Waals surface area (Å²) in [6.07, 6.45) is 4.13. The molecule has 0 radical (unpaired) electrons. The molecule has 0 unspecified atom stereocenters. The average Bonchev–Trinajstić information content (AvgIpc) is 2.91. The van der Waals surface area contributed by atoms with Crippen molar-refractivity contribution in [3.8, 4) is 0 Å². The van der Waals surface area contributed by atoms with Gasteiger partial charge in [-0.25, -0.2) is 0 Å². The molecule has 100 valence electrons. The second kappa shape index (κ2) is 6.34. The number of hydrogen-bond donors (Lipinski definition) is 0. The Kier molecular flexibility index (Phi) is 4.78. The van der Waals surface area contributed by atoms with Gasteiger partial charge in [-0.3, -0.25) is 9.69 Å². The van der Waals surface area contributed by atoms with Crippen LogP contribution in [-0.4, -0.2) is 31.1 Å². The minimum absolute atomic E-state index is 0.0330. The maximum atomic E-state index is 11.5. The van der Waals surface area contributed by atoms with Crippen LogP contribution < -0.4 is 0 Å². The molecular formula is C14H21NO2S. The predicted octanol–water partition coefficient (Wildman–Crippen LogP) is 2.91. The van der Waals surface area contributed by atoms with Gasteiger partial charge in [-0.1, -0.05) is 6.07 Å². The highest BCUT2D eigenvalue weighted by molar-refractivity contribution is 7.09. The van der Waals surface area contributed by atoms with Crippen LogP contribution >= 0.6 is 11.3 Å². The Morgan fingerprint density at radius 1 is 1.44 bits per heavy atom. The average molecular weight is 267 g/mol. The van der Waals surface area contributed by atoms with Crippen molar-refractivity contribution in [3.63, 3.8) is 0 Å². The van der Waals surface area contributed by atoms with E-state index in [0.717, 1.165) is 32.2 Å². The molecule has 1 saturated carbocycles. The summed E-state index contributed by atoms with van der Waals surface area (Å²) < 4.78 is 4.82. The molecule has 0 bridgehead atoms. The summed E-state index contributed by atoms with van der Waals surface area (Å²) in [5.41, 5.74) is 0. The molecule has 1 aromatic heterocycles. The highest BCUT2D eigenvalue weighted by atomic mass is 32.1. The molecule has 0 N–H and O–H groups in total. The van der Waals surface area contributed by atoms with Gasteiger partial charge in [0.05, 0.1) is 13.0 Å². The quantitative estimate of drug-likeness (QED) is 0.786. The number of rotatable bonds is 4. The van der Waals surface area contributed by atoms with E-state index in [-0.39, 0.29) is 11.9 Å². The van der Waals surface area contributed by atoms with Gasteiger partial charge >= 0.3 is 5.97 Å². The molecule has 0 spiro atoms. The fourth-order valence-corrected chi connectivity index (χ4v) is 3.46. The Hall–Kier alpha value is -0.870. The third-order valence-corrected chi connectivity index (χ3v) is 4.70.